The lowest BCUT2D eigenvalue weighted by Crippen LogP contribution is -2.27. The molecule has 94 valence electrons. The van der Waals surface area contributed by atoms with E-state index in [4.69, 9.17) is 9.26 Å². The van der Waals surface area contributed by atoms with Gasteiger partial charge in [0.05, 0.1) is 6.61 Å². The fourth-order valence-electron chi connectivity index (χ4n) is 1.48. The van der Waals surface area contributed by atoms with Crippen LogP contribution in [0.4, 0.5) is 0 Å². The number of benzene rings is 1. The van der Waals surface area contributed by atoms with Crippen molar-refractivity contribution in [2.75, 3.05) is 20.3 Å². The van der Waals surface area contributed by atoms with Crippen molar-refractivity contribution in [3.05, 3.63) is 42.1 Å². The number of carbonyl (C=O) groups is 1. The van der Waals surface area contributed by atoms with E-state index in [0.29, 0.717) is 18.9 Å². The summed E-state index contributed by atoms with van der Waals surface area (Å²) in [5, 5.41) is 6.42. The number of aromatic nitrogens is 1. The molecule has 0 saturated carbocycles. The molecule has 0 bridgehead atoms. The molecule has 0 aliphatic heterocycles. The summed E-state index contributed by atoms with van der Waals surface area (Å²) in [6, 6.07) is 11.1. The van der Waals surface area contributed by atoms with Crippen LogP contribution in [0.1, 0.15) is 10.5 Å². The first-order valence-corrected chi connectivity index (χ1v) is 5.60. The molecule has 5 heteroatoms. The van der Waals surface area contributed by atoms with Crippen LogP contribution in [0.5, 0.6) is 0 Å². The van der Waals surface area contributed by atoms with Crippen molar-refractivity contribution in [3.63, 3.8) is 0 Å². The predicted octanol–water partition coefficient (Wildman–Crippen LogP) is 1.72. The summed E-state index contributed by atoms with van der Waals surface area (Å²) in [6.07, 6.45) is 0. The molecular weight excluding hydrogens is 232 g/mol. The van der Waals surface area contributed by atoms with Gasteiger partial charge in [-0.25, -0.2) is 0 Å². The Labute approximate surface area is 105 Å². The van der Waals surface area contributed by atoms with Gasteiger partial charge in [-0.1, -0.05) is 35.5 Å². The molecule has 5 nitrogen and oxygen atoms in total. The van der Waals surface area contributed by atoms with Gasteiger partial charge in [-0.2, -0.15) is 0 Å². The molecule has 2 rings (SSSR count). The van der Waals surface area contributed by atoms with Crippen LogP contribution >= 0.6 is 0 Å². The first-order chi connectivity index (χ1) is 8.81. The van der Waals surface area contributed by atoms with Crippen molar-refractivity contribution in [3.8, 4) is 11.3 Å². The molecular formula is C13H14N2O3. The maximum atomic E-state index is 11.7. The Morgan fingerprint density at radius 1 is 1.39 bits per heavy atom. The van der Waals surface area contributed by atoms with Crippen LogP contribution in [0.15, 0.2) is 40.9 Å². The molecule has 0 aliphatic rings. The number of amides is 1. The smallest absolute Gasteiger partial charge is 0.273 e. The summed E-state index contributed by atoms with van der Waals surface area (Å²) in [7, 11) is 1.58. The third kappa shape index (κ3) is 2.95. The Morgan fingerprint density at radius 2 is 2.17 bits per heavy atom. The average molecular weight is 246 g/mol. The van der Waals surface area contributed by atoms with Crippen LogP contribution in [0.2, 0.25) is 0 Å². The molecule has 1 aromatic carbocycles. The van der Waals surface area contributed by atoms with Crippen molar-refractivity contribution in [2.45, 2.75) is 0 Å². The first-order valence-electron chi connectivity index (χ1n) is 5.60. The van der Waals surface area contributed by atoms with Crippen LogP contribution in [0.25, 0.3) is 11.3 Å². The van der Waals surface area contributed by atoms with Gasteiger partial charge < -0.3 is 14.6 Å². The standard InChI is InChI=1S/C13H14N2O3/c1-17-8-7-14-13(16)11-9-12(18-15-11)10-5-3-2-4-6-10/h2-6,9H,7-8H2,1H3,(H,14,16). The number of hydrogen-bond donors (Lipinski definition) is 1. The van der Waals surface area contributed by atoms with Gasteiger partial charge in [-0.05, 0) is 0 Å². The van der Waals surface area contributed by atoms with Gasteiger partial charge >= 0.3 is 0 Å². The van der Waals surface area contributed by atoms with Gasteiger partial charge in [-0.3, -0.25) is 4.79 Å². The first kappa shape index (κ1) is 12.3. The summed E-state index contributed by atoms with van der Waals surface area (Å²) in [5.74, 6) is 0.311. The highest BCUT2D eigenvalue weighted by molar-refractivity contribution is 5.93. The number of rotatable bonds is 5. The minimum atomic E-state index is -0.266. The SMILES string of the molecule is COCCNC(=O)c1cc(-c2ccccc2)on1. The van der Waals surface area contributed by atoms with Crippen molar-refractivity contribution >= 4 is 5.91 Å². The van der Waals surface area contributed by atoms with Crippen LogP contribution in [-0.2, 0) is 4.74 Å². The van der Waals surface area contributed by atoms with E-state index in [9.17, 15) is 4.79 Å². The molecule has 0 fully saturated rings. The largest absolute Gasteiger partial charge is 0.383 e. The molecule has 0 radical (unpaired) electrons. The number of carbonyl (C=O) groups excluding carboxylic acids is 1. The maximum absolute atomic E-state index is 11.7. The van der Waals surface area contributed by atoms with Gasteiger partial charge in [-0.15, -0.1) is 0 Å². The zero-order valence-corrected chi connectivity index (χ0v) is 10.1. The lowest BCUT2D eigenvalue weighted by atomic mass is 10.1. The zero-order valence-electron chi connectivity index (χ0n) is 10.1. The molecule has 0 unspecified atom stereocenters. The van der Waals surface area contributed by atoms with Gasteiger partial charge in [0.25, 0.3) is 5.91 Å². The highest BCUT2D eigenvalue weighted by Crippen LogP contribution is 2.19. The van der Waals surface area contributed by atoms with Crippen LogP contribution in [0.3, 0.4) is 0 Å². The third-order valence-corrected chi connectivity index (χ3v) is 2.39. The van der Waals surface area contributed by atoms with E-state index in [1.54, 1.807) is 13.2 Å². The van der Waals surface area contributed by atoms with Gasteiger partial charge in [0.2, 0.25) is 0 Å². The van der Waals surface area contributed by atoms with Crippen molar-refractivity contribution in [1.29, 1.82) is 0 Å². The van der Waals surface area contributed by atoms with Crippen LogP contribution in [-0.4, -0.2) is 31.3 Å². The third-order valence-electron chi connectivity index (χ3n) is 2.39. The van der Waals surface area contributed by atoms with E-state index in [-0.39, 0.29) is 11.6 Å². The summed E-state index contributed by atoms with van der Waals surface area (Å²) < 4.78 is 9.98. The van der Waals surface area contributed by atoms with Crippen molar-refractivity contribution in [2.24, 2.45) is 0 Å². The fraction of sp³-hybridized carbons (Fsp3) is 0.231. The molecule has 1 aromatic heterocycles. The molecule has 2 aromatic rings. The topological polar surface area (TPSA) is 64.4 Å². The molecule has 0 spiro atoms. The van der Waals surface area contributed by atoms with Gasteiger partial charge in [0, 0.05) is 25.3 Å². The number of nitrogens with zero attached hydrogens (tertiary/aromatic N) is 1. The van der Waals surface area contributed by atoms with Crippen molar-refractivity contribution in [1.82, 2.24) is 10.5 Å². The van der Waals surface area contributed by atoms with Crippen LogP contribution in [0, 0.1) is 0 Å². The second-order valence-corrected chi connectivity index (χ2v) is 3.69. The number of methoxy groups -OCH3 is 1. The molecule has 0 saturated heterocycles. The lowest BCUT2D eigenvalue weighted by Gasteiger charge is -2.00. The molecule has 1 amide bonds. The Bertz CT molecular complexity index is 508. The quantitative estimate of drug-likeness (QED) is 0.816. The Hall–Kier alpha value is -2.14. The molecule has 0 aliphatic carbocycles. The Kier molecular flexibility index (Phi) is 4.09. The highest BCUT2D eigenvalue weighted by atomic mass is 16.5. The molecule has 1 N–H and O–H groups in total. The summed E-state index contributed by atoms with van der Waals surface area (Å²) in [5.41, 5.74) is 1.16. The predicted molar refractivity (Wildman–Crippen MR) is 66.1 cm³/mol. The Balaban J connectivity index is 2.04. The summed E-state index contributed by atoms with van der Waals surface area (Å²) in [4.78, 5) is 11.7. The maximum Gasteiger partial charge on any atom is 0.273 e. The highest BCUT2D eigenvalue weighted by Gasteiger charge is 2.12. The number of ether oxygens (including phenoxy) is 1. The number of hydrogen-bond acceptors (Lipinski definition) is 4. The lowest BCUT2D eigenvalue weighted by molar-refractivity contribution is 0.0928. The fourth-order valence-corrected chi connectivity index (χ4v) is 1.48. The van der Waals surface area contributed by atoms with Crippen LogP contribution < -0.4 is 5.32 Å². The van der Waals surface area contributed by atoms with Crippen molar-refractivity contribution < 1.29 is 14.1 Å². The molecule has 0 atom stereocenters. The molecule has 1 heterocycles. The van der Waals surface area contributed by atoms with E-state index < -0.39 is 0 Å². The van der Waals surface area contributed by atoms with Gasteiger partial charge in [0.15, 0.2) is 11.5 Å². The van der Waals surface area contributed by atoms with E-state index in [1.165, 1.54) is 0 Å². The second kappa shape index (κ2) is 5.97. The summed E-state index contributed by atoms with van der Waals surface area (Å²) >= 11 is 0. The van der Waals surface area contributed by atoms with E-state index >= 15 is 0 Å². The number of nitrogens with one attached hydrogen (secondary N) is 1. The minimum Gasteiger partial charge on any atom is -0.383 e. The monoisotopic (exact) mass is 246 g/mol. The summed E-state index contributed by atoms with van der Waals surface area (Å²) in [6.45, 7) is 0.915. The zero-order chi connectivity index (χ0) is 12.8. The molecule has 18 heavy (non-hydrogen) atoms. The normalized spacial score (nSPS) is 10.3. The second-order valence-electron chi connectivity index (χ2n) is 3.69. The minimum absolute atomic E-state index is 0.266. The Morgan fingerprint density at radius 3 is 2.89 bits per heavy atom. The average Bonchev–Trinajstić information content (AvgIpc) is 2.89. The van der Waals surface area contributed by atoms with E-state index in [1.807, 2.05) is 30.3 Å². The van der Waals surface area contributed by atoms with E-state index in [0.717, 1.165) is 5.56 Å². The van der Waals surface area contributed by atoms with Gasteiger partial charge in [0.1, 0.15) is 0 Å². The van der Waals surface area contributed by atoms with E-state index in [2.05, 4.69) is 10.5 Å².